The van der Waals surface area contributed by atoms with Gasteiger partial charge < -0.3 is 10.2 Å². The van der Waals surface area contributed by atoms with Gasteiger partial charge in [0.25, 0.3) is 0 Å². The van der Waals surface area contributed by atoms with E-state index in [2.05, 4.69) is 11.8 Å². The smallest absolute Gasteiger partial charge is 0.155 e. The molecule has 0 heterocycles. The molecule has 0 aromatic heterocycles. The number of phenolic OH excluding ortho intramolecular Hbond substituents is 1. The van der Waals surface area contributed by atoms with Gasteiger partial charge >= 0.3 is 0 Å². The Morgan fingerprint density at radius 2 is 2.17 bits per heavy atom. The number of aliphatic hydroxyl groups is 1. The van der Waals surface area contributed by atoms with Crippen LogP contribution in [0.25, 0.3) is 5.76 Å². The molecule has 12 heavy (non-hydrogen) atoms. The van der Waals surface area contributed by atoms with Crippen molar-refractivity contribution >= 4 is 11.4 Å². The second-order valence-corrected chi connectivity index (χ2v) is 2.21. The molecule has 0 aliphatic heterocycles. The monoisotopic (exact) mass is 165 g/mol. The van der Waals surface area contributed by atoms with Crippen LogP contribution in [-0.2, 0) is 0 Å². The van der Waals surface area contributed by atoms with Gasteiger partial charge in [-0.05, 0) is 17.3 Å². The average molecular weight is 165 g/mol. The molecular formula is C8H7NO3. The van der Waals surface area contributed by atoms with Gasteiger partial charge in [0.15, 0.2) is 5.75 Å². The Bertz CT molecular complexity index is 333. The van der Waals surface area contributed by atoms with Gasteiger partial charge in [0.05, 0.1) is 5.56 Å². The van der Waals surface area contributed by atoms with Crippen molar-refractivity contribution in [1.82, 2.24) is 0 Å². The first-order valence-electron chi connectivity index (χ1n) is 3.20. The van der Waals surface area contributed by atoms with Crippen molar-refractivity contribution < 1.29 is 10.2 Å². The fraction of sp³-hybridized carbons (Fsp3) is 0. The Labute approximate surface area is 68.8 Å². The van der Waals surface area contributed by atoms with E-state index in [9.17, 15) is 10.0 Å². The van der Waals surface area contributed by atoms with Crippen molar-refractivity contribution in [3.8, 4) is 5.75 Å². The molecule has 1 aromatic rings. The predicted molar refractivity (Wildman–Crippen MR) is 45.2 cm³/mol. The van der Waals surface area contributed by atoms with Crippen LogP contribution in [0.15, 0.2) is 30.0 Å². The number of rotatable bonds is 2. The standard InChI is InChI=1S/C8H7NO3/c1-5(10)6-3-2-4-7(9-12)8(6)11/h2-4,10-11H,1H2. The Balaban J connectivity index is 3.32. The van der Waals surface area contributed by atoms with Crippen LogP contribution >= 0.6 is 0 Å². The maximum Gasteiger partial charge on any atom is 0.155 e. The summed E-state index contributed by atoms with van der Waals surface area (Å²) in [4.78, 5) is 10.1. The minimum atomic E-state index is -0.347. The molecule has 0 fully saturated rings. The van der Waals surface area contributed by atoms with Crippen LogP contribution in [0, 0.1) is 4.91 Å². The highest BCUT2D eigenvalue weighted by Crippen LogP contribution is 2.32. The topological polar surface area (TPSA) is 69.9 Å². The molecule has 0 saturated carbocycles. The van der Waals surface area contributed by atoms with Gasteiger partial charge in [0.2, 0.25) is 0 Å². The lowest BCUT2D eigenvalue weighted by Gasteiger charge is -2.02. The van der Waals surface area contributed by atoms with Crippen molar-refractivity contribution in [3.05, 3.63) is 35.2 Å². The third kappa shape index (κ3) is 1.27. The highest BCUT2D eigenvalue weighted by molar-refractivity contribution is 5.69. The van der Waals surface area contributed by atoms with Gasteiger partial charge in [-0.25, -0.2) is 0 Å². The molecule has 0 aliphatic rings. The van der Waals surface area contributed by atoms with E-state index in [1.807, 2.05) is 0 Å². The van der Waals surface area contributed by atoms with Crippen LogP contribution in [-0.4, -0.2) is 10.2 Å². The quantitative estimate of drug-likeness (QED) is 0.521. The van der Waals surface area contributed by atoms with Crippen LogP contribution in [0.1, 0.15) is 5.56 Å². The first-order chi connectivity index (χ1) is 5.66. The lowest BCUT2D eigenvalue weighted by molar-refractivity contribution is 0.462. The molecule has 0 radical (unpaired) electrons. The highest BCUT2D eigenvalue weighted by atomic mass is 16.3. The molecule has 1 rings (SSSR count). The van der Waals surface area contributed by atoms with Crippen molar-refractivity contribution in [3.63, 3.8) is 0 Å². The fourth-order valence-corrected chi connectivity index (χ4v) is 0.838. The SMILES string of the molecule is C=C(O)c1cccc(N=O)c1O. The molecule has 0 atom stereocenters. The third-order valence-electron chi connectivity index (χ3n) is 1.42. The Kier molecular flexibility index (Phi) is 2.09. The molecule has 0 saturated heterocycles. The van der Waals surface area contributed by atoms with Gasteiger partial charge in [-0.1, -0.05) is 12.6 Å². The molecule has 4 nitrogen and oxygen atoms in total. The van der Waals surface area contributed by atoms with Crippen molar-refractivity contribution in [2.45, 2.75) is 0 Å². The zero-order valence-corrected chi connectivity index (χ0v) is 6.19. The number of aromatic hydroxyl groups is 1. The average Bonchev–Trinajstić information content (AvgIpc) is 2.04. The lowest BCUT2D eigenvalue weighted by Crippen LogP contribution is -1.81. The molecule has 2 N–H and O–H groups in total. The van der Waals surface area contributed by atoms with E-state index in [1.165, 1.54) is 18.2 Å². The summed E-state index contributed by atoms with van der Waals surface area (Å²) in [5.74, 6) is -0.641. The molecule has 0 amide bonds. The second-order valence-electron chi connectivity index (χ2n) is 2.21. The van der Waals surface area contributed by atoms with Crippen molar-refractivity contribution in [2.75, 3.05) is 0 Å². The zero-order chi connectivity index (χ0) is 9.14. The van der Waals surface area contributed by atoms with Gasteiger partial charge in [-0.15, -0.1) is 4.91 Å². The zero-order valence-electron chi connectivity index (χ0n) is 6.19. The number of phenols is 1. The summed E-state index contributed by atoms with van der Waals surface area (Å²) in [5.41, 5.74) is 0.00907. The van der Waals surface area contributed by atoms with Crippen LogP contribution in [0.4, 0.5) is 5.69 Å². The second kappa shape index (κ2) is 3.04. The van der Waals surface area contributed by atoms with Crippen molar-refractivity contribution in [1.29, 1.82) is 0 Å². The summed E-state index contributed by atoms with van der Waals surface area (Å²) >= 11 is 0. The molecule has 1 aromatic carbocycles. The van der Waals surface area contributed by atoms with Gasteiger partial charge in [-0.2, -0.15) is 0 Å². The van der Waals surface area contributed by atoms with E-state index in [-0.39, 0.29) is 22.8 Å². The number of hydrogen-bond acceptors (Lipinski definition) is 4. The summed E-state index contributed by atoms with van der Waals surface area (Å²) in [5, 5.41) is 20.7. The molecule has 0 bridgehead atoms. The first-order valence-corrected chi connectivity index (χ1v) is 3.20. The van der Waals surface area contributed by atoms with Gasteiger partial charge in [0.1, 0.15) is 11.4 Å². The summed E-state index contributed by atoms with van der Waals surface area (Å²) in [6, 6.07) is 4.27. The third-order valence-corrected chi connectivity index (χ3v) is 1.42. The van der Waals surface area contributed by atoms with E-state index >= 15 is 0 Å². The molecule has 62 valence electrons. The summed E-state index contributed by atoms with van der Waals surface area (Å²) in [6.07, 6.45) is 0. The van der Waals surface area contributed by atoms with E-state index in [0.29, 0.717) is 0 Å². The number of para-hydroxylation sites is 1. The minimum absolute atomic E-state index is 0.109. The summed E-state index contributed by atoms with van der Waals surface area (Å²) in [6.45, 7) is 3.21. The molecule has 4 heteroatoms. The summed E-state index contributed by atoms with van der Waals surface area (Å²) in [7, 11) is 0. The number of hydrogen-bond donors (Lipinski definition) is 2. The van der Waals surface area contributed by atoms with Crippen LogP contribution < -0.4 is 0 Å². The molecule has 0 spiro atoms. The Hall–Kier alpha value is -1.84. The maximum absolute atomic E-state index is 10.1. The molecule has 0 aliphatic carbocycles. The fourth-order valence-electron chi connectivity index (χ4n) is 0.838. The van der Waals surface area contributed by atoms with Crippen LogP contribution in [0.5, 0.6) is 5.75 Å². The summed E-state index contributed by atoms with van der Waals surface area (Å²) < 4.78 is 0. The van der Waals surface area contributed by atoms with Gasteiger partial charge in [-0.3, -0.25) is 0 Å². The number of aliphatic hydroxyl groups excluding tert-OH is 1. The highest BCUT2D eigenvalue weighted by Gasteiger charge is 2.08. The maximum atomic E-state index is 10.1. The van der Waals surface area contributed by atoms with E-state index < -0.39 is 0 Å². The lowest BCUT2D eigenvalue weighted by atomic mass is 10.1. The number of nitrogens with zero attached hydrogens (tertiary/aromatic N) is 1. The Morgan fingerprint density at radius 1 is 1.50 bits per heavy atom. The normalized spacial score (nSPS) is 9.33. The largest absolute Gasteiger partial charge is 0.508 e. The minimum Gasteiger partial charge on any atom is -0.508 e. The van der Waals surface area contributed by atoms with E-state index in [1.54, 1.807) is 0 Å². The van der Waals surface area contributed by atoms with E-state index in [0.717, 1.165) is 0 Å². The Morgan fingerprint density at radius 3 is 2.67 bits per heavy atom. The van der Waals surface area contributed by atoms with Crippen molar-refractivity contribution in [2.24, 2.45) is 5.18 Å². The van der Waals surface area contributed by atoms with Crippen LogP contribution in [0.2, 0.25) is 0 Å². The van der Waals surface area contributed by atoms with Crippen LogP contribution in [0.3, 0.4) is 0 Å². The van der Waals surface area contributed by atoms with E-state index in [4.69, 9.17) is 5.11 Å². The van der Waals surface area contributed by atoms with Gasteiger partial charge in [0, 0.05) is 0 Å². The number of benzene rings is 1. The molecule has 0 unspecified atom stereocenters. The molecular weight excluding hydrogens is 158 g/mol. The predicted octanol–water partition coefficient (Wildman–Crippen LogP) is 2.32. The first kappa shape index (κ1) is 8.26. The number of nitroso groups, excluding NO2 is 1.